The Morgan fingerprint density at radius 3 is 2.56 bits per heavy atom. The smallest absolute Gasteiger partial charge is 0.135 e. The molecule has 0 unspecified atom stereocenters. The summed E-state index contributed by atoms with van der Waals surface area (Å²) in [6.45, 7) is 0.776. The first-order valence-electron chi connectivity index (χ1n) is 5.47. The maximum atomic E-state index is 4.17. The van der Waals surface area contributed by atoms with Gasteiger partial charge in [-0.15, -0.1) is 0 Å². The van der Waals surface area contributed by atoms with Crippen LogP contribution in [0.1, 0.15) is 0 Å². The third-order valence-electron chi connectivity index (χ3n) is 2.20. The summed E-state index contributed by atoms with van der Waals surface area (Å²) in [5, 5.41) is 6.37. The second kappa shape index (κ2) is 6.61. The second-order valence-electron chi connectivity index (χ2n) is 3.57. The lowest BCUT2D eigenvalue weighted by Crippen LogP contribution is -2.05. The van der Waals surface area contributed by atoms with E-state index in [9.17, 15) is 0 Å². The van der Waals surface area contributed by atoms with Gasteiger partial charge in [-0.25, -0.2) is 9.97 Å². The van der Waals surface area contributed by atoms with E-state index in [1.165, 1.54) is 6.33 Å². The first-order valence-corrected chi connectivity index (χ1v) is 6.90. The number of aromatic nitrogens is 2. The Bertz CT molecular complexity index is 504. The van der Waals surface area contributed by atoms with Crippen LogP contribution in [0.15, 0.2) is 41.1 Å². The van der Waals surface area contributed by atoms with Crippen molar-refractivity contribution in [1.29, 1.82) is 0 Å². The van der Waals surface area contributed by atoms with Crippen LogP contribution in [0.3, 0.4) is 0 Å². The van der Waals surface area contributed by atoms with Gasteiger partial charge in [0.05, 0.1) is 0 Å². The standard InChI is InChI=1S/C12H13BrN4S/c13-9-1-3-10(4-2-9)17-12-7-11(14-5-6-18)15-8-16-12/h1-4,7-8,18H,5-6H2,(H2,14,15,16,17). The van der Waals surface area contributed by atoms with Crippen molar-refractivity contribution in [2.24, 2.45) is 0 Å². The van der Waals surface area contributed by atoms with Crippen LogP contribution in [0.4, 0.5) is 17.3 Å². The highest BCUT2D eigenvalue weighted by Gasteiger charge is 1.99. The van der Waals surface area contributed by atoms with Crippen LogP contribution >= 0.6 is 28.6 Å². The van der Waals surface area contributed by atoms with E-state index < -0.39 is 0 Å². The minimum Gasteiger partial charge on any atom is -0.369 e. The first kappa shape index (κ1) is 13.2. The topological polar surface area (TPSA) is 49.8 Å². The summed E-state index contributed by atoms with van der Waals surface area (Å²) >= 11 is 7.54. The molecule has 0 bridgehead atoms. The van der Waals surface area contributed by atoms with Gasteiger partial charge in [-0.3, -0.25) is 0 Å². The van der Waals surface area contributed by atoms with Gasteiger partial charge in [0.15, 0.2) is 0 Å². The zero-order chi connectivity index (χ0) is 12.8. The normalized spacial score (nSPS) is 10.1. The zero-order valence-electron chi connectivity index (χ0n) is 9.60. The van der Waals surface area contributed by atoms with Gasteiger partial charge in [-0.1, -0.05) is 15.9 Å². The van der Waals surface area contributed by atoms with Crippen LogP contribution in [0.5, 0.6) is 0 Å². The maximum Gasteiger partial charge on any atom is 0.135 e. The molecule has 1 aromatic heterocycles. The molecule has 0 amide bonds. The molecule has 94 valence electrons. The molecule has 1 heterocycles. The van der Waals surface area contributed by atoms with E-state index in [1.807, 2.05) is 30.3 Å². The molecule has 6 heteroatoms. The van der Waals surface area contributed by atoms with Crippen molar-refractivity contribution in [3.05, 3.63) is 41.1 Å². The summed E-state index contributed by atoms with van der Waals surface area (Å²) in [5.74, 6) is 2.31. The lowest BCUT2D eigenvalue weighted by molar-refractivity contribution is 1.12. The maximum absolute atomic E-state index is 4.17. The summed E-state index contributed by atoms with van der Waals surface area (Å²) in [7, 11) is 0. The molecule has 2 N–H and O–H groups in total. The van der Waals surface area contributed by atoms with Crippen molar-refractivity contribution in [3.8, 4) is 0 Å². The SMILES string of the molecule is SCCNc1cc(Nc2ccc(Br)cc2)ncn1. The fourth-order valence-corrected chi connectivity index (χ4v) is 1.76. The van der Waals surface area contributed by atoms with E-state index in [0.717, 1.165) is 34.1 Å². The van der Waals surface area contributed by atoms with Gasteiger partial charge in [0, 0.05) is 28.5 Å². The molecule has 18 heavy (non-hydrogen) atoms. The zero-order valence-corrected chi connectivity index (χ0v) is 12.1. The van der Waals surface area contributed by atoms with Gasteiger partial charge in [-0.05, 0) is 24.3 Å². The Kier molecular flexibility index (Phi) is 4.83. The lowest BCUT2D eigenvalue weighted by atomic mass is 10.3. The predicted molar refractivity (Wildman–Crippen MR) is 81.8 cm³/mol. The van der Waals surface area contributed by atoms with Crippen LogP contribution in [0, 0.1) is 0 Å². The number of hydrogen-bond donors (Lipinski definition) is 3. The van der Waals surface area contributed by atoms with Crippen molar-refractivity contribution in [1.82, 2.24) is 9.97 Å². The Morgan fingerprint density at radius 2 is 1.83 bits per heavy atom. The Labute approximate surface area is 120 Å². The van der Waals surface area contributed by atoms with Crippen molar-refractivity contribution in [2.45, 2.75) is 0 Å². The molecular formula is C12H13BrN4S. The van der Waals surface area contributed by atoms with E-state index in [0.29, 0.717) is 0 Å². The molecule has 0 aliphatic carbocycles. The molecular weight excluding hydrogens is 312 g/mol. The van der Waals surface area contributed by atoms with Crippen LogP contribution in [0.2, 0.25) is 0 Å². The summed E-state index contributed by atoms with van der Waals surface area (Å²) < 4.78 is 1.05. The van der Waals surface area contributed by atoms with E-state index in [1.54, 1.807) is 0 Å². The van der Waals surface area contributed by atoms with Crippen molar-refractivity contribution in [3.63, 3.8) is 0 Å². The van der Waals surface area contributed by atoms with E-state index in [2.05, 4.69) is 49.2 Å². The van der Waals surface area contributed by atoms with Gasteiger partial charge in [-0.2, -0.15) is 12.6 Å². The monoisotopic (exact) mass is 324 g/mol. The second-order valence-corrected chi connectivity index (χ2v) is 4.93. The Balaban J connectivity index is 2.06. The largest absolute Gasteiger partial charge is 0.369 e. The molecule has 0 aliphatic rings. The number of rotatable bonds is 5. The summed E-state index contributed by atoms with van der Waals surface area (Å²) in [4.78, 5) is 8.30. The van der Waals surface area contributed by atoms with E-state index in [-0.39, 0.29) is 0 Å². The summed E-state index contributed by atoms with van der Waals surface area (Å²) in [5.41, 5.74) is 0.983. The lowest BCUT2D eigenvalue weighted by Gasteiger charge is -2.07. The first-order chi connectivity index (χ1) is 8.78. The molecule has 0 aliphatic heterocycles. The average Bonchev–Trinajstić information content (AvgIpc) is 2.40. The highest BCUT2D eigenvalue weighted by molar-refractivity contribution is 9.10. The summed E-state index contributed by atoms with van der Waals surface area (Å²) in [6.07, 6.45) is 1.53. The number of hydrogen-bond acceptors (Lipinski definition) is 5. The number of halogens is 1. The van der Waals surface area contributed by atoms with Crippen molar-refractivity contribution >= 4 is 45.9 Å². The fourth-order valence-electron chi connectivity index (χ4n) is 1.39. The van der Waals surface area contributed by atoms with Gasteiger partial charge < -0.3 is 10.6 Å². The number of anilines is 3. The average molecular weight is 325 g/mol. The molecule has 4 nitrogen and oxygen atoms in total. The number of thiol groups is 1. The van der Waals surface area contributed by atoms with Crippen LogP contribution in [0.25, 0.3) is 0 Å². The Hall–Kier alpha value is -1.27. The van der Waals surface area contributed by atoms with Gasteiger partial charge >= 0.3 is 0 Å². The molecule has 1 aromatic carbocycles. The highest BCUT2D eigenvalue weighted by Crippen LogP contribution is 2.18. The van der Waals surface area contributed by atoms with Crippen molar-refractivity contribution < 1.29 is 0 Å². The molecule has 0 atom stereocenters. The fraction of sp³-hybridized carbons (Fsp3) is 0.167. The minimum absolute atomic E-state index is 0.758. The number of nitrogens with zero attached hydrogens (tertiary/aromatic N) is 2. The van der Waals surface area contributed by atoms with Gasteiger partial charge in [0.1, 0.15) is 18.0 Å². The predicted octanol–water partition coefficient (Wildman–Crippen LogP) is 3.32. The summed E-state index contributed by atoms with van der Waals surface area (Å²) in [6, 6.07) is 9.78. The molecule has 0 radical (unpaired) electrons. The number of benzene rings is 1. The molecule has 0 saturated heterocycles. The third kappa shape index (κ3) is 3.89. The quantitative estimate of drug-likeness (QED) is 0.738. The minimum atomic E-state index is 0.758. The molecule has 0 spiro atoms. The van der Waals surface area contributed by atoms with Crippen molar-refractivity contribution in [2.75, 3.05) is 22.9 Å². The third-order valence-corrected chi connectivity index (χ3v) is 2.95. The number of nitrogens with one attached hydrogen (secondary N) is 2. The van der Waals surface area contributed by atoms with Gasteiger partial charge in [0.25, 0.3) is 0 Å². The molecule has 0 fully saturated rings. The van der Waals surface area contributed by atoms with E-state index in [4.69, 9.17) is 0 Å². The van der Waals surface area contributed by atoms with E-state index >= 15 is 0 Å². The van der Waals surface area contributed by atoms with Crippen LogP contribution < -0.4 is 10.6 Å². The van der Waals surface area contributed by atoms with Crippen LogP contribution in [-0.2, 0) is 0 Å². The Morgan fingerprint density at radius 1 is 1.11 bits per heavy atom. The highest BCUT2D eigenvalue weighted by atomic mass is 79.9. The molecule has 0 saturated carbocycles. The van der Waals surface area contributed by atoms with Gasteiger partial charge in [0.2, 0.25) is 0 Å². The van der Waals surface area contributed by atoms with Crippen LogP contribution in [-0.4, -0.2) is 22.3 Å². The molecule has 2 rings (SSSR count). The molecule has 2 aromatic rings.